The third-order valence-corrected chi connectivity index (χ3v) is 5.88. The summed E-state index contributed by atoms with van der Waals surface area (Å²) >= 11 is 9.31. The molecule has 0 aromatic carbocycles. The average Bonchev–Trinajstić information content (AvgIpc) is 2.69. The van der Waals surface area contributed by atoms with E-state index in [1.54, 1.807) is 0 Å². The Kier molecular flexibility index (Phi) is 26.2. The summed E-state index contributed by atoms with van der Waals surface area (Å²) in [5.41, 5.74) is 4.40. The van der Waals surface area contributed by atoms with E-state index >= 15 is 0 Å². The van der Waals surface area contributed by atoms with Gasteiger partial charge in [-0.2, -0.15) is 0 Å². The number of rotatable bonds is 19. The second-order valence-corrected chi connectivity index (χ2v) is 10.1. The van der Waals surface area contributed by atoms with E-state index in [0.29, 0.717) is 17.3 Å². The average molecular weight is 491 g/mol. The van der Waals surface area contributed by atoms with Crippen LogP contribution in [0.2, 0.25) is 0 Å². The van der Waals surface area contributed by atoms with Crippen LogP contribution in [0.4, 0.5) is 0 Å². The van der Waals surface area contributed by atoms with Crippen molar-refractivity contribution in [1.82, 2.24) is 4.90 Å². The van der Waals surface area contributed by atoms with Gasteiger partial charge in [0.05, 0.1) is 6.61 Å². The van der Waals surface area contributed by atoms with Crippen molar-refractivity contribution in [3.05, 3.63) is 0 Å². The van der Waals surface area contributed by atoms with Gasteiger partial charge in [-0.25, -0.2) is 0 Å². The smallest absolute Gasteiger partial charge is 0.259 e. The summed E-state index contributed by atoms with van der Waals surface area (Å²) in [6.45, 7) is 11.7. The molecule has 0 radical (unpaired) electrons. The second-order valence-electron chi connectivity index (χ2n) is 9.35. The van der Waals surface area contributed by atoms with Crippen LogP contribution in [0.5, 0.6) is 0 Å². The van der Waals surface area contributed by atoms with Crippen LogP contribution in [0.1, 0.15) is 137 Å². The van der Waals surface area contributed by atoms with Gasteiger partial charge in [0.25, 0.3) is 10.3 Å². The zero-order chi connectivity index (χ0) is 24.6. The largest absolute Gasteiger partial charge is 0.487 e. The fourth-order valence-electron chi connectivity index (χ4n) is 3.90. The van der Waals surface area contributed by atoms with Crippen LogP contribution in [0.25, 0.3) is 0 Å². The standard InChI is InChI=1S/C25H51NOS.CH3NOS/c1-6-7-8-9-10-11-12-13-14-15-16-17-18-19-20-21-22-27-25(28)26(23(2)3)24(4)5;2-1(3)4/h23-24H,6-22H2,1-5H3;(H3,2,3,4). The molecule has 4 nitrogen and oxygen atoms in total. The maximum atomic E-state index is 7.56. The molecule has 0 rings (SSSR count). The van der Waals surface area contributed by atoms with Gasteiger partial charge >= 0.3 is 0 Å². The molecular weight excluding hydrogens is 436 g/mol. The van der Waals surface area contributed by atoms with Crippen molar-refractivity contribution in [3.63, 3.8) is 0 Å². The third-order valence-electron chi connectivity index (χ3n) is 5.55. The molecule has 0 amide bonds. The van der Waals surface area contributed by atoms with E-state index in [9.17, 15) is 0 Å². The molecule has 0 aliphatic carbocycles. The molecule has 0 atom stereocenters. The van der Waals surface area contributed by atoms with Crippen LogP contribution in [0.15, 0.2) is 0 Å². The van der Waals surface area contributed by atoms with Gasteiger partial charge < -0.3 is 20.5 Å². The minimum Gasteiger partial charge on any atom is -0.487 e. The first-order chi connectivity index (χ1) is 15.2. The first-order valence-electron chi connectivity index (χ1n) is 13.2. The van der Waals surface area contributed by atoms with Crippen molar-refractivity contribution >= 4 is 34.8 Å². The normalized spacial score (nSPS) is 10.7. The molecule has 0 heterocycles. The Balaban J connectivity index is 0. The van der Waals surface area contributed by atoms with E-state index in [1.165, 1.54) is 96.3 Å². The minimum absolute atomic E-state index is 0.401. The minimum atomic E-state index is -0.500. The van der Waals surface area contributed by atoms with Gasteiger partial charge in [-0.05, 0) is 58.6 Å². The third kappa shape index (κ3) is 25.6. The predicted molar refractivity (Wildman–Crippen MR) is 150 cm³/mol. The molecule has 192 valence electrons. The number of nitrogens with two attached hydrogens (primary N) is 1. The van der Waals surface area contributed by atoms with E-state index in [0.717, 1.165) is 13.0 Å². The Labute approximate surface area is 211 Å². The molecule has 3 N–H and O–H groups in total. The van der Waals surface area contributed by atoms with Gasteiger partial charge in [-0.15, -0.1) is 0 Å². The van der Waals surface area contributed by atoms with Gasteiger partial charge in [0.15, 0.2) is 0 Å². The van der Waals surface area contributed by atoms with Crippen LogP contribution in [-0.4, -0.2) is 39.0 Å². The molecule has 0 saturated heterocycles. The number of hydrogen-bond acceptors (Lipinski definition) is 3. The number of hydrogen-bond donors (Lipinski definition) is 2. The maximum Gasteiger partial charge on any atom is 0.259 e. The van der Waals surface area contributed by atoms with Crippen molar-refractivity contribution in [3.8, 4) is 0 Å². The number of thiocarbonyl (C=S) groups is 2. The summed E-state index contributed by atoms with van der Waals surface area (Å²) in [4.78, 5) is 2.18. The fraction of sp³-hybridized carbons (Fsp3) is 0.923. The number of nitrogens with zero attached hydrogens (tertiary/aromatic N) is 1. The molecule has 0 saturated carbocycles. The molecule has 0 aromatic rings. The van der Waals surface area contributed by atoms with Crippen LogP contribution < -0.4 is 5.73 Å². The van der Waals surface area contributed by atoms with Crippen LogP contribution in [0, 0.1) is 0 Å². The predicted octanol–water partition coefficient (Wildman–Crippen LogP) is 8.46. The van der Waals surface area contributed by atoms with E-state index in [-0.39, 0.29) is 0 Å². The molecule has 0 aliphatic heterocycles. The quantitative estimate of drug-likeness (QED) is 0.140. The van der Waals surface area contributed by atoms with Gasteiger partial charge in [0.2, 0.25) is 0 Å². The second kappa shape index (κ2) is 25.0. The first kappa shape index (κ1) is 33.6. The Morgan fingerprint density at radius 2 is 0.969 bits per heavy atom. The van der Waals surface area contributed by atoms with Gasteiger partial charge in [0.1, 0.15) is 0 Å². The Morgan fingerprint density at radius 1 is 0.688 bits per heavy atom. The summed E-state index contributed by atoms with van der Waals surface area (Å²) in [7, 11) is 0. The fourth-order valence-corrected chi connectivity index (χ4v) is 4.41. The van der Waals surface area contributed by atoms with Crippen molar-refractivity contribution in [2.75, 3.05) is 6.61 Å². The Hall–Kier alpha value is -0.620. The molecule has 0 aliphatic rings. The zero-order valence-corrected chi connectivity index (χ0v) is 23.5. The van der Waals surface area contributed by atoms with E-state index < -0.39 is 5.17 Å². The van der Waals surface area contributed by atoms with Gasteiger partial charge in [-0.1, -0.05) is 103 Å². The number of aliphatic hydroxyl groups is 1. The molecule has 0 fully saturated rings. The van der Waals surface area contributed by atoms with Crippen molar-refractivity contribution in [2.45, 2.75) is 149 Å². The van der Waals surface area contributed by atoms with Crippen LogP contribution in [0.3, 0.4) is 0 Å². The molecule has 0 spiro atoms. The highest BCUT2D eigenvalue weighted by molar-refractivity contribution is 7.80. The van der Waals surface area contributed by atoms with E-state index in [4.69, 9.17) is 22.1 Å². The monoisotopic (exact) mass is 490 g/mol. The summed E-state index contributed by atoms with van der Waals surface area (Å²) in [6, 6.07) is 0.802. The molecular formula is C26H54N2O2S2. The highest BCUT2D eigenvalue weighted by atomic mass is 32.1. The summed E-state index contributed by atoms with van der Waals surface area (Å²) in [5.74, 6) is 0. The maximum absolute atomic E-state index is 7.56. The number of ether oxygens (including phenoxy) is 1. The lowest BCUT2D eigenvalue weighted by atomic mass is 10.0. The first-order valence-corrected chi connectivity index (χ1v) is 14.0. The summed E-state index contributed by atoms with van der Waals surface area (Å²) in [6.07, 6.45) is 22.4. The lowest BCUT2D eigenvalue weighted by molar-refractivity contribution is 0.191. The molecule has 0 bridgehead atoms. The Bertz CT molecular complexity index is 420. The van der Waals surface area contributed by atoms with Crippen LogP contribution in [-0.2, 0) is 4.74 Å². The highest BCUT2D eigenvalue weighted by Gasteiger charge is 2.17. The number of aliphatic hydroxyl groups excluding tert-OH is 1. The van der Waals surface area contributed by atoms with Gasteiger partial charge in [0, 0.05) is 12.1 Å². The van der Waals surface area contributed by atoms with Crippen molar-refractivity contribution < 1.29 is 9.84 Å². The van der Waals surface area contributed by atoms with Crippen LogP contribution >= 0.6 is 24.4 Å². The Morgan fingerprint density at radius 3 is 1.25 bits per heavy atom. The van der Waals surface area contributed by atoms with Gasteiger partial charge in [-0.3, -0.25) is 0 Å². The van der Waals surface area contributed by atoms with E-state index in [2.05, 4.69) is 57.5 Å². The van der Waals surface area contributed by atoms with E-state index in [1.807, 2.05) is 0 Å². The topological polar surface area (TPSA) is 58.7 Å². The molecule has 0 aromatic heterocycles. The molecule has 6 heteroatoms. The lowest BCUT2D eigenvalue weighted by Crippen LogP contribution is -2.42. The molecule has 0 unspecified atom stereocenters. The van der Waals surface area contributed by atoms with Crippen molar-refractivity contribution in [2.24, 2.45) is 5.73 Å². The number of unbranched alkanes of at least 4 members (excludes halogenated alkanes) is 15. The zero-order valence-electron chi connectivity index (χ0n) is 21.9. The SMILES string of the molecule is CCCCCCCCCCCCCCCCCCOC(=S)N(C(C)C)C(C)C.NC(O)=S. The molecule has 32 heavy (non-hydrogen) atoms. The summed E-state index contributed by atoms with van der Waals surface area (Å²) in [5, 5.41) is 7.74. The van der Waals surface area contributed by atoms with Crippen molar-refractivity contribution in [1.29, 1.82) is 0 Å². The summed E-state index contributed by atoms with van der Waals surface area (Å²) < 4.78 is 5.80. The highest BCUT2D eigenvalue weighted by Crippen LogP contribution is 2.14. The lowest BCUT2D eigenvalue weighted by Gasteiger charge is -2.32.